The number of aryl methyl sites for hydroxylation is 2. The Morgan fingerprint density at radius 2 is 2.08 bits per heavy atom. The molecule has 2 aromatic rings. The molecule has 0 bridgehead atoms. The number of nitrogens with zero attached hydrogens (tertiary/aromatic N) is 3. The van der Waals surface area contributed by atoms with Crippen LogP contribution in [0.2, 0.25) is 0 Å². The summed E-state index contributed by atoms with van der Waals surface area (Å²) < 4.78 is 1.21. The summed E-state index contributed by atoms with van der Waals surface area (Å²) in [5.74, 6) is -0.269. The fourth-order valence-corrected chi connectivity index (χ4v) is 3.33. The Morgan fingerprint density at radius 1 is 1.36 bits per heavy atom. The second-order valence-electron chi connectivity index (χ2n) is 6.98. The van der Waals surface area contributed by atoms with Crippen LogP contribution < -0.4 is 10.9 Å². The van der Waals surface area contributed by atoms with E-state index in [0.29, 0.717) is 35.9 Å². The fourth-order valence-electron chi connectivity index (χ4n) is 3.33. The maximum absolute atomic E-state index is 12.6. The second-order valence-corrected chi connectivity index (χ2v) is 6.98. The van der Waals surface area contributed by atoms with Gasteiger partial charge in [-0.3, -0.25) is 14.6 Å². The number of aliphatic hydroxyl groups is 1. The predicted octanol–water partition coefficient (Wildman–Crippen LogP) is 0.946. The van der Waals surface area contributed by atoms with Crippen molar-refractivity contribution < 1.29 is 9.90 Å². The molecule has 0 spiro atoms. The van der Waals surface area contributed by atoms with Gasteiger partial charge in [0, 0.05) is 11.7 Å². The molecule has 25 heavy (non-hydrogen) atoms. The zero-order valence-corrected chi connectivity index (χ0v) is 14.9. The molecule has 1 amide bonds. The average Bonchev–Trinajstić information content (AvgIpc) is 2.55. The van der Waals surface area contributed by atoms with Crippen LogP contribution in [0.3, 0.4) is 0 Å². The van der Waals surface area contributed by atoms with Crippen LogP contribution in [0.1, 0.15) is 45.0 Å². The number of amides is 1. The summed E-state index contributed by atoms with van der Waals surface area (Å²) in [7, 11) is 0. The van der Waals surface area contributed by atoms with Gasteiger partial charge in [0.1, 0.15) is 6.54 Å². The summed E-state index contributed by atoms with van der Waals surface area (Å²) in [4.78, 5) is 29.4. The molecule has 1 aliphatic rings. The van der Waals surface area contributed by atoms with Gasteiger partial charge in [-0.25, -0.2) is 4.68 Å². The average molecular weight is 344 g/mol. The van der Waals surface area contributed by atoms with E-state index in [1.54, 1.807) is 13.0 Å². The number of nitrogens with one attached hydrogen (secondary N) is 1. The maximum Gasteiger partial charge on any atom is 0.276 e. The van der Waals surface area contributed by atoms with E-state index >= 15 is 0 Å². The van der Waals surface area contributed by atoms with Crippen molar-refractivity contribution in [3.63, 3.8) is 0 Å². The van der Waals surface area contributed by atoms with Gasteiger partial charge in [-0.05, 0) is 44.7 Å². The molecule has 1 saturated carbocycles. The number of hydrogen-bond donors (Lipinski definition) is 2. The van der Waals surface area contributed by atoms with Gasteiger partial charge in [-0.1, -0.05) is 13.8 Å². The van der Waals surface area contributed by atoms with Crippen molar-refractivity contribution in [2.24, 2.45) is 0 Å². The first kappa shape index (κ1) is 17.5. The van der Waals surface area contributed by atoms with Crippen LogP contribution in [-0.2, 0) is 24.2 Å². The molecule has 0 aliphatic heterocycles. The Morgan fingerprint density at radius 3 is 2.68 bits per heavy atom. The van der Waals surface area contributed by atoms with E-state index in [9.17, 15) is 14.7 Å². The molecule has 7 heteroatoms. The zero-order chi connectivity index (χ0) is 18.2. The molecule has 7 nitrogen and oxygen atoms in total. The standard InChI is InChI=1S/C18H24N4O3/c1-4-11-6-7-13-16(20-11)14(5-2)21-22(17(13)24)10-15(23)19-12-8-18(3,25)9-12/h6-7,12,25H,4-5,8-10H2,1-3H3,(H,19,23)/t12-,18+. The first-order valence-electron chi connectivity index (χ1n) is 8.74. The second kappa shape index (κ2) is 6.55. The summed E-state index contributed by atoms with van der Waals surface area (Å²) in [6.45, 7) is 5.58. The van der Waals surface area contributed by atoms with Crippen molar-refractivity contribution in [1.29, 1.82) is 0 Å². The minimum atomic E-state index is -0.700. The molecule has 2 aromatic heterocycles. The summed E-state index contributed by atoms with van der Waals surface area (Å²) in [5.41, 5.74) is 1.24. The van der Waals surface area contributed by atoms with Gasteiger partial charge in [0.2, 0.25) is 5.91 Å². The topological polar surface area (TPSA) is 97.1 Å². The lowest BCUT2D eigenvalue weighted by Crippen LogP contribution is -2.54. The molecule has 134 valence electrons. The van der Waals surface area contributed by atoms with Crippen molar-refractivity contribution >= 4 is 16.8 Å². The van der Waals surface area contributed by atoms with Crippen LogP contribution in [0.25, 0.3) is 10.9 Å². The first-order valence-corrected chi connectivity index (χ1v) is 8.74. The van der Waals surface area contributed by atoms with Crippen LogP contribution in [-0.4, -0.2) is 37.4 Å². The molecule has 0 saturated heterocycles. The van der Waals surface area contributed by atoms with Crippen LogP contribution >= 0.6 is 0 Å². The Balaban J connectivity index is 1.85. The highest BCUT2D eigenvalue weighted by molar-refractivity contribution is 5.80. The molecule has 0 atom stereocenters. The number of fused-ring (bicyclic) bond motifs is 1. The number of aromatic nitrogens is 3. The van der Waals surface area contributed by atoms with Crippen molar-refractivity contribution in [2.75, 3.05) is 0 Å². The third-order valence-electron chi connectivity index (χ3n) is 4.66. The minimum Gasteiger partial charge on any atom is -0.390 e. The molecule has 0 unspecified atom stereocenters. The summed E-state index contributed by atoms with van der Waals surface area (Å²) in [6, 6.07) is 3.56. The van der Waals surface area contributed by atoms with E-state index in [0.717, 1.165) is 12.1 Å². The number of carbonyl (C=O) groups excluding carboxylic acids is 1. The zero-order valence-electron chi connectivity index (χ0n) is 14.9. The predicted molar refractivity (Wildman–Crippen MR) is 94.3 cm³/mol. The normalized spacial score (nSPS) is 22.6. The summed E-state index contributed by atoms with van der Waals surface area (Å²) >= 11 is 0. The SMILES string of the molecule is CCc1ccc2c(=O)n(CC(=O)N[C@H]3C[C@@](C)(O)C3)nc(CC)c2n1. The highest BCUT2D eigenvalue weighted by atomic mass is 16.3. The summed E-state index contributed by atoms with van der Waals surface area (Å²) in [6.07, 6.45) is 2.48. The van der Waals surface area contributed by atoms with Crippen molar-refractivity contribution in [2.45, 2.75) is 64.6 Å². The maximum atomic E-state index is 12.6. The third-order valence-corrected chi connectivity index (χ3v) is 4.66. The van der Waals surface area contributed by atoms with Crippen LogP contribution in [0.15, 0.2) is 16.9 Å². The van der Waals surface area contributed by atoms with Crippen molar-refractivity contribution in [3.05, 3.63) is 33.9 Å². The molecule has 2 N–H and O–H groups in total. The van der Waals surface area contributed by atoms with E-state index in [-0.39, 0.29) is 24.1 Å². The Kier molecular flexibility index (Phi) is 4.60. The molecule has 1 fully saturated rings. The van der Waals surface area contributed by atoms with Crippen LogP contribution in [0.5, 0.6) is 0 Å². The summed E-state index contributed by atoms with van der Waals surface area (Å²) in [5, 5.41) is 17.4. The highest BCUT2D eigenvalue weighted by Crippen LogP contribution is 2.31. The van der Waals surface area contributed by atoms with E-state index in [4.69, 9.17) is 0 Å². The minimum absolute atomic E-state index is 0.0434. The van der Waals surface area contributed by atoms with E-state index in [1.165, 1.54) is 4.68 Å². The Hall–Kier alpha value is -2.28. The molecule has 1 aliphatic carbocycles. The van der Waals surface area contributed by atoms with Gasteiger partial charge in [0.25, 0.3) is 5.56 Å². The monoisotopic (exact) mass is 344 g/mol. The molecular formula is C18H24N4O3. The number of hydrogen-bond acceptors (Lipinski definition) is 5. The van der Waals surface area contributed by atoms with E-state index in [1.807, 2.05) is 19.9 Å². The fraction of sp³-hybridized carbons (Fsp3) is 0.556. The van der Waals surface area contributed by atoms with Gasteiger partial charge in [0.05, 0.1) is 22.2 Å². The Labute approximate surface area is 146 Å². The van der Waals surface area contributed by atoms with E-state index < -0.39 is 5.60 Å². The molecular weight excluding hydrogens is 320 g/mol. The lowest BCUT2D eigenvalue weighted by atomic mass is 9.77. The van der Waals surface area contributed by atoms with Gasteiger partial charge in [0.15, 0.2) is 0 Å². The van der Waals surface area contributed by atoms with Crippen LogP contribution in [0.4, 0.5) is 0 Å². The van der Waals surface area contributed by atoms with Crippen molar-refractivity contribution in [3.8, 4) is 0 Å². The molecule has 3 rings (SSSR count). The Bertz CT molecular complexity index is 864. The molecule has 0 aromatic carbocycles. The first-order chi connectivity index (χ1) is 11.8. The van der Waals surface area contributed by atoms with Gasteiger partial charge in [-0.2, -0.15) is 5.10 Å². The smallest absolute Gasteiger partial charge is 0.276 e. The third kappa shape index (κ3) is 3.56. The van der Waals surface area contributed by atoms with Gasteiger partial charge in [-0.15, -0.1) is 0 Å². The highest BCUT2D eigenvalue weighted by Gasteiger charge is 2.39. The van der Waals surface area contributed by atoms with Gasteiger partial charge >= 0.3 is 0 Å². The lowest BCUT2D eigenvalue weighted by molar-refractivity contribution is -0.125. The van der Waals surface area contributed by atoms with Gasteiger partial charge < -0.3 is 10.4 Å². The van der Waals surface area contributed by atoms with E-state index in [2.05, 4.69) is 15.4 Å². The molecule has 0 radical (unpaired) electrons. The van der Waals surface area contributed by atoms with Crippen LogP contribution in [0, 0.1) is 0 Å². The quantitative estimate of drug-likeness (QED) is 0.841. The molecule has 2 heterocycles. The van der Waals surface area contributed by atoms with Crippen molar-refractivity contribution in [1.82, 2.24) is 20.1 Å². The number of carbonyl (C=O) groups is 1. The number of pyridine rings is 1. The lowest BCUT2D eigenvalue weighted by Gasteiger charge is -2.41. The number of rotatable bonds is 5. The largest absolute Gasteiger partial charge is 0.390 e.